The van der Waals surface area contributed by atoms with Crippen molar-refractivity contribution in [3.05, 3.63) is 46.5 Å². The van der Waals surface area contributed by atoms with Gasteiger partial charge in [-0.15, -0.1) is 0 Å². The van der Waals surface area contributed by atoms with E-state index in [0.29, 0.717) is 5.75 Å². The summed E-state index contributed by atoms with van der Waals surface area (Å²) >= 11 is 6.16. The number of ether oxygens (including phenoxy) is 4. The highest BCUT2D eigenvalue weighted by Crippen LogP contribution is 2.36. The van der Waals surface area contributed by atoms with Gasteiger partial charge in [-0.05, 0) is 30.3 Å². The molecule has 2 aromatic carbocycles. The van der Waals surface area contributed by atoms with E-state index in [1.165, 1.54) is 45.6 Å². The van der Waals surface area contributed by atoms with Crippen LogP contribution in [-0.4, -0.2) is 45.7 Å². The maximum Gasteiger partial charge on any atom is 0.340 e. The lowest BCUT2D eigenvalue weighted by Crippen LogP contribution is -2.20. The minimum atomic E-state index is -0.695. The Bertz CT molecular complexity index is 946. The second-order valence-corrected chi connectivity index (χ2v) is 6.01. The van der Waals surface area contributed by atoms with Crippen molar-refractivity contribution in [2.24, 2.45) is 5.73 Å². The van der Waals surface area contributed by atoms with Crippen LogP contribution < -0.4 is 25.3 Å². The average molecular weight is 423 g/mol. The summed E-state index contributed by atoms with van der Waals surface area (Å²) in [6, 6.07) is 7.23. The van der Waals surface area contributed by atoms with Crippen LogP contribution in [0.4, 0.5) is 5.69 Å². The molecule has 0 aliphatic carbocycles. The molecule has 0 atom stereocenters. The molecule has 0 fully saturated rings. The Morgan fingerprint density at radius 1 is 1.07 bits per heavy atom. The summed E-state index contributed by atoms with van der Waals surface area (Å²) < 4.78 is 20.2. The van der Waals surface area contributed by atoms with Crippen LogP contribution in [0.1, 0.15) is 20.7 Å². The molecule has 0 unspecified atom stereocenters. The van der Waals surface area contributed by atoms with Crippen LogP contribution in [0.2, 0.25) is 5.02 Å². The molecule has 10 heteroatoms. The van der Waals surface area contributed by atoms with Crippen LogP contribution in [0.25, 0.3) is 0 Å². The molecule has 0 aliphatic heterocycles. The molecule has 29 heavy (non-hydrogen) atoms. The van der Waals surface area contributed by atoms with Crippen molar-refractivity contribution in [2.75, 3.05) is 33.3 Å². The summed E-state index contributed by atoms with van der Waals surface area (Å²) in [5, 5.41) is 2.66. The number of benzene rings is 2. The minimum absolute atomic E-state index is 0.0404. The molecule has 154 valence electrons. The molecular formula is C19H19ClN2O7. The third kappa shape index (κ3) is 5.29. The summed E-state index contributed by atoms with van der Waals surface area (Å²) in [5.41, 5.74) is 5.51. The number of halogens is 1. The lowest BCUT2D eigenvalue weighted by molar-refractivity contribution is -0.119. The van der Waals surface area contributed by atoms with Gasteiger partial charge in [-0.1, -0.05) is 11.6 Å². The maximum absolute atomic E-state index is 12.7. The van der Waals surface area contributed by atoms with Crippen molar-refractivity contribution >= 4 is 35.1 Å². The van der Waals surface area contributed by atoms with Crippen LogP contribution in [0, 0.1) is 0 Å². The molecule has 2 amide bonds. The van der Waals surface area contributed by atoms with Crippen molar-refractivity contribution in [1.82, 2.24) is 0 Å². The number of carbonyl (C=O) groups is 3. The van der Waals surface area contributed by atoms with Gasteiger partial charge in [0.15, 0.2) is 18.1 Å². The van der Waals surface area contributed by atoms with E-state index in [1.54, 1.807) is 6.07 Å². The fourth-order valence-corrected chi connectivity index (χ4v) is 2.63. The predicted molar refractivity (Wildman–Crippen MR) is 105 cm³/mol. The summed E-state index contributed by atoms with van der Waals surface area (Å²) in [5.74, 6) is -1.29. The summed E-state index contributed by atoms with van der Waals surface area (Å²) in [7, 11) is 4.02. The van der Waals surface area contributed by atoms with Gasteiger partial charge in [0.1, 0.15) is 5.75 Å². The Morgan fingerprint density at radius 3 is 2.38 bits per heavy atom. The van der Waals surface area contributed by atoms with Gasteiger partial charge in [-0.2, -0.15) is 0 Å². The molecule has 9 nitrogen and oxygen atoms in total. The molecular weight excluding hydrogens is 404 g/mol. The first-order valence-electron chi connectivity index (χ1n) is 8.17. The molecule has 0 aromatic heterocycles. The first-order valence-corrected chi connectivity index (χ1v) is 8.54. The van der Waals surface area contributed by atoms with E-state index in [9.17, 15) is 14.4 Å². The Balaban J connectivity index is 2.35. The summed E-state index contributed by atoms with van der Waals surface area (Å²) in [6.45, 7) is -0.407. The smallest absolute Gasteiger partial charge is 0.340 e. The van der Waals surface area contributed by atoms with Gasteiger partial charge in [-0.3, -0.25) is 9.59 Å². The summed E-state index contributed by atoms with van der Waals surface area (Å²) in [4.78, 5) is 35.6. The molecule has 2 aromatic rings. The van der Waals surface area contributed by atoms with E-state index in [1.807, 2.05) is 0 Å². The Morgan fingerprint density at radius 2 is 1.79 bits per heavy atom. The highest BCUT2D eigenvalue weighted by atomic mass is 35.5. The normalized spacial score (nSPS) is 10.1. The zero-order chi connectivity index (χ0) is 21.6. The van der Waals surface area contributed by atoms with E-state index in [4.69, 9.17) is 36.3 Å². The van der Waals surface area contributed by atoms with E-state index >= 15 is 0 Å². The number of primary amides is 1. The molecule has 0 saturated carbocycles. The average Bonchev–Trinajstić information content (AvgIpc) is 2.71. The monoisotopic (exact) mass is 422 g/mol. The van der Waals surface area contributed by atoms with Gasteiger partial charge in [0, 0.05) is 5.56 Å². The second-order valence-electron chi connectivity index (χ2n) is 5.60. The number of esters is 1. The number of hydrogen-bond donors (Lipinski definition) is 2. The van der Waals surface area contributed by atoms with E-state index in [0.717, 1.165) is 0 Å². The number of carbonyl (C=O) groups excluding carboxylic acids is 3. The second kappa shape index (κ2) is 9.65. The maximum atomic E-state index is 12.7. The number of methoxy groups -OCH3 is 3. The van der Waals surface area contributed by atoms with Crippen LogP contribution in [0.5, 0.6) is 17.2 Å². The largest absolute Gasteiger partial charge is 0.497 e. The number of amides is 2. The first-order chi connectivity index (χ1) is 13.8. The standard InChI is InChI=1S/C19H19ClN2O7/c1-26-11-4-5-14(12(8-11)19(25)28-3)22-18(24)10-6-13(20)17(15(7-10)27-2)29-9-16(21)23/h4-8H,9H2,1-3H3,(H2,21,23)(H,22,24). The third-order valence-electron chi connectivity index (χ3n) is 3.73. The third-order valence-corrected chi connectivity index (χ3v) is 4.01. The number of rotatable bonds is 8. The molecule has 2 rings (SSSR count). The highest BCUT2D eigenvalue weighted by molar-refractivity contribution is 6.33. The Hall–Kier alpha value is -3.46. The molecule has 3 N–H and O–H groups in total. The number of nitrogens with one attached hydrogen (secondary N) is 1. The fraction of sp³-hybridized carbons (Fsp3) is 0.211. The first kappa shape index (κ1) is 21.8. The molecule has 0 saturated heterocycles. The van der Waals surface area contributed by atoms with E-state index < -0.39 is 24.4 Å². The van der Waals surface area contributed by atoms with Gasteiger partial charge in [0.2, 0.25) is 0 Å². The lowest BCUT2D eigenvalue weighted by atomic mass is 10.1. The number of anilines is 1. The van der Waals surface area contributed by atoms with Crippen LogP contribution in [0.15, 0.2) is 30.3 Å². The Kier molecular flexibility index (Phi) is 7.27. The molecule has 0 radical (unpaired) electrons. The summed E-state index contributed by atoms with van der Waals surface area (Å²) in [6.07, 6.45) is 0. The zero-order valence-electron chi connectivity index (χ0n) is 15.9. The van der Waals surface area contributed by atoms with E-state index in [2.05, 4.69) is 5.32 Å². The quantitative estimate of drug-likeness (QED) is 0.625. The SMILES string of the molecule is COC(=O)c1cc(OC)ccc1NC(=O)c1cc(Cl)c(OCC(N)=O)c(OC)c1. The van der Waals surface area contributed by atoms with Gasteiger partial charge in [0.05, 0.1) is 37.6 Å². The predicted octanol–water partition coefficient (Wildman–Crippen LogP) is 2.26. The van der Waals surface area contributed by atoms with Crippen molar-refractivity contribution in [1.29, 1.82) is 0 Å². The van der Waals surface area contributed by atoms with E-state index in [-0.39, 0.29) is 33.3 Å². The minimum Gasteiger partial charge on any atom is -0.497 e. The fourth-order valence-electron chi connectivity index (χ4n) is 2.37. The van der Waals surface area contributed by atoms with Crippen LogP contribution in [-0.2, 0) is 9.53 Å². The van der Waals surface area contributed by atoms with Gasteiger partial charge in [0.25, 0.3) is 11.8 Å². The lowest BCUT2D eigenvalue weighted by Gasteiger charge is -2.14. The number of hydrogen-bond acceptors (Lipinski definition) is 7. The molecule has 0 aliphatic rings. The molecule has 0 heterocycles. The van der Waals surface area contributed by atoms with Crippen LogP contribution >= 0.6 is 11.6 Å². The number of nitrogens with two attached hydrogens (primary N) is 1. The van der Waals surface area contributed by atoms with Gasteiger partial charge >= 0.3 is 5.97 Å². The van der Waals surface area contributed by atoms with Gasteiger partial charge < -0.3 is 30.0 Å². The molecule has 0 bridgehead atoms. The zero-order valence-corrected chi connectivity index (χ0v) is 16.7. The topological polar surface area (TPSA) is 126 Å². The van der Waals surface area contributed by atoms with Crippen LogP contribution in [0.3, 0.4) is 0 Å². The molecule has 0 spiro atoms. The van der Waals surface area contributed by atoms with Crippen molar-refractivity contribution in [3.63, 3.8) is 0 Å². The van der Waals surface area contributed by atoms with Crippen molar-refractivity contribution < 1.29 is 33.3 Å². The van der Waals surface area contributed by atoms with Gasteiger partial charge in [-0.25, -0.2) is 4.79 Å². The Labute approximate surface area is 171 Å². The van der Waals surface area contributed by atoms with Crippen molar-refractivity contribution in [3.8, 4) is 17.2 Å². The highest BCUT2D eigenvalue weighted by Gasteiger charge is 2.19. The van der Waals surface area contributed by atoms with Crippen molar-refractivity contribution in [2.45, 2.75) is 0 Å².